The molecule has 4 nitrogen and oxygen atoms in total. The van der Waals surface area contributed by atoms with E-state index >= 15 is 0 Å². The van der Waals surface area contributed by atoms with E-state index in [2.05, 4.69) is 27.2 Å². The lowest BCUT2D eigenvalue weighted by Crippen LogP contribution is -1.91. The van der Waals surface area contributed by atoms with Crippen LogP contribution in [0.2, 0.25) is 5.02 Å². The van der Waals surface area contributed by atoms with E-state index in [-0.39, 0.29) is 0 Å². The molecule has 0 aliphatic heterocycles. The zero-order valence-electron chi connectivity index (χ0n) is 8.55. The lowest BCUT2D eigenvalue weighted by molar-refractivity contribution is 1.12. The van der Waals surface area contributed by atoms with Crippen molar-refractivity contribution >= 4 is 24.3 Å². The SMILES string of the molecule is C=NNc1ncccn1.Clc1ccccc1. The van der Waals surface area contributed by atoms with Gasteiger partial charge in [-0.05, 0) is 18.2 Å². The summed E-state index contributed by atoms with van der Waals surface area (Å²) >= 11 is 5.54. The number of nitrogens with one attached hydrogen (secondary N) is 1. The quantitative estimate of drug-likeness (QED) is 0.642. The van der Waals surface area contributed by atoms with Crippen LogP contribution in [0.25, 0.3) is 0 Å². The Bertz CT molecular complexity index is 405. The molecule has 0 bridgehead atoms. The standard InChI is InChI=1S/C6H5Cl.C5H6N4/c7-6-4-2-1-3-5-6;1-6-9-5-7-3-2-4-8-5/h1-5H;2-4H,1H2,(H,7,8,9). The van der Waals surface area contributed by atoms with Crippen LogP contribution in [-0.4, -0.2) is 16.7 Å². The van der Waals surface area contributed by atoms with E-state index < -0.39 is 0 Å². The molecular weight excluding hydrogens is 224 g/mol. The summed E-state index contributed by atoms with van der Waals surface area (Å²) in [6.07, 6.45) is 3.25. The van der Waals surface area contributed by atoms with E-state index in [1.807, 2.05) is 30.3 Å². The zero-order valence-corrected chi connectivity index (χ0v) is 9.30. The molecule has 2 aromatic rings. The maximum atomic E-state index is 5.54. The third-order valence-electron chi connectivity index (χ3n) is 1.48. The minimum atomic E-state index is 0.465. The van der Waals surface area contributed by atoms with Crippen LogP contribution in [0.15, 0.2) is 53.9 Å². The zero-order chi connectivity index (χ0) is 11.6. The van der Waals surface area contributed by atoms with Crippen LogP contribution in [0.3, 0.4) is 0 Å². The Labute approximate surface area is 99.0 Å². The first-order valence-electron chi connectivity index (χ1n) is 4.52. The van der Waals surface area contributed by atoms with Gasteiger partial charge in [-0.1, -0.05) is 29.8 Å². The lowest BCUT2D eigenvalue weighted by atomic mass is 10.4. The van der Waals surface area contributed by atoms with Gasteiger partial charge in [0, 0.05) is 24.1 Å². The molecule has 82 valence electrons. The number of nitrogens with zero attached hydrogens (tertiary/aromatic N) is 3. The normalized spacial score (nSPS) is 8.56. The molecule has 5 heteroatoms. The highest BCUT2D eigenvalue weighted by molar-refractivity contribution is 6.30. The Balaban J connectivity index is 0.000000165. The minimum absolute atomic E-state index is 0.465. The smallest absolute Gasteiger partial charge is 0.243 e. The molecule has 0 saturated carbocycles. The number of anilines is 1. The first kappa shape index (κ1) is 12.1. The van der Waals surface area contributed by atoms with Crippen molar-refractivity contribution in [1.82, 2.24) is 9.97 Å². The fourth-order valence-electron chi connectivity index (χ4n) is 0.842. The molecule has 1 aromatic carbocycles. The van der Waals surface area contributed by atoms with Gasteiger partial charge in [0.25, 0.3) is 0 Å². The number of rotatable bonds is 2. The largest absolute Gasteiger partial charge is 0.246 e. The van der Waals surface area contributed by atoms with Crippen LogP contribution in [0, 0.1) is 0 Å². The predicted octanol–water partition coefficient (Wildman–Crippen LogP) is 2.84. The van der Waals surface area contributed by atoms with Crippen LogP contribution in [0.5, 0.6) is 0 Å². The number of aromatic nitrogens is 2. The molecule has 2 rings (SSSR count). The average Bonchev–Trinajstić information content (AvgIpc) is 2.33. The topological polar surface area (TPSA) is 50.2 Å². The molecule has 0 amide bonds. The van der Waals surface area contributed by atoms with Crippen molar-refractivity contribution in [2.75, 3.05) is 5.43 Å². The number of halogens is 1. The maximum Gasteiger partial charge on any atom is 0.243 e. The highest BCUT2D eigenvalue weighted by Gasteiger charge is 1.84. The Morgan fingerprint density at radius 2 is 1.69 bits per heavy atom. The Morgan fingerprint density at radius 1 is 1.06 bits per heavy atom. The summed E-state index contributed by atoms with van der Waals surface area (Å²) < 4.78 is 0. The van der Waals surface area contributed by atoms with Crippen LogP contribution in [0.4, 0.5) is 5.95 Å². The molecule has 0 aliphatic rings. The highest BCUT2D eigenvalue weighted by atomic mass is 35.5. The maximum absolute atomic E-state index is 5.54. The fraction of sp³-hybridized carbons (Fsp3) is 0. The molecule has 1 heterocycles. The number of hydrogen-bond donors (Lipinski definition) is 1. The summed E-state index contributed by atoms with van der Waals surface area (Å²) in [5.74, 6) is 0.465. The van der Waals surface area contributed by atoms with Gasteiger partial charge in [-0.25, -0.2) is 15.4 Å². The van der Waals surface area contributed by atoms with Gasteiger partial charge >= 0.3 is 0 Å². The van der Waals surface area contributed by atoms with E-state index in [1.54, 1.807) is 18.5 Å². The van der Waals surface area contributed by atoms with Crippen molar-refractivity contribution in [3.05, 3.63) is 53.8 Å². The average molecular weight is 235 g/mol. The number of benzene rings is 1. The summed E-state index contributed by atoms with van der Waals surface area (Å²) in [6, 6.07) is 11.2. The van der Waals surface area contributed by atoms with Crippen molar-refractivity contribution in [2.24, 2.45) is 5.10 Å². The second-order valence-corrected chi connectivity index (χ2v) is 3.07. The van der Waals surface area contributed by atoms with Crippen molar-refractivity contribution in [3.8, 4) is 0 Å². The molecule has 0 atom stereocenters. The molecule has 0 fully saturated rings. The first-order chi connectivity index (χ1) is 7.83. The second-order valence-electron chi connectivity index (χ2n) is 2.64. The van der Waals surface area contributed by atoms with Crippen LogP contribution >= 0.6 is 11.6 Å². The minimum Gasteiger partial charge on any atom is -0.246 e. The van der Waals surface area contributed by atoms with Gasteiger partial charge in [0.15, 0.2) is 0 Å². The summed E-state index contributed by atoms with van der Waals surface area (Å²) in [6.45, 7) is 3.21. The predicted molar refractivity (Wildman–Crippen MR) is 66.7 cm³/mol. The molecule has 0 spiro atoms. The van der Waals surface area contributed by atoms with Crippen LogP contribution < -0.4 is 5.43 Å². The third-order valence-corrected chi connectivity index (χ3v) is 1.73. The van der Waals surface area contributed by atoms with Crippen molar-refractivity contribution in [2.45, 2.75) is 0 Å². The molecule has 1 N–H and O–H groups in total. The van der Waals surface area contributed by atoms with Gasteiger partial charge in [-0.3, -0.25) is 0 Å². The summed E-state index contributed by atoms with van der Waals surface area (Å²) in [5, 5.41) is 4.17. The Hall–Kier alpha value is -1.94. The molecule has 0 unspecified atom stereocenters. The van der Waals surface area contributed by atoms with Gasteiger partial charge in [0.05, 0.1) is 0 Å². The fourth-order valence-corrected chi connectivity index (χ4v) is 0.988. The second kappa shape index (κ2) is 7.36. The summed E-state index contributed by atoms with van der Waals surface area (Å²) in [5.41, 5.74) is 2.50. The first-order valence-corrected chi connectivity index (χ1v) is 4.90. The number of hydrogen-bond acceptors (Lipinski definition) is 4. The van der Waals surface area contributed by atoms with Crippen molar-refractivity contribution in [1.29, 1.82) is 0 Å². The van der Waals surface area contributed by atoms with Crippen LogP contribution in [-0.2, 0) is 0 Å². The van der Waals surface area contributed by atoms with E-state index in [9.17, 15) is 0 Å². The Kier molecular flexibility index (Phi) is 5.58. The van der Waals surface area contributed by atoms with Gasteiger partial charge in [-0.15, -0.1) is 0 Å². The Morgan fingerprint density at radius 3 is 2.12 bits per heavy atom. The summed E-state index contributed by atoms with van der Waals surface area (Å²) in [7, 11) is 0. The van der Waals surface area contributed by atoms with Gasteiger partial charge in [-0.2, -0.15) is 5.10 Å². The van der Waals surface area contributed by atoms with Crippen LogP contribution in [0.1, 0.15) is 0 Å². The van der Waals surface area contributed by atoms with Gasteiger partial charge < -0.3 is 0 Å². The molecule has 0 aliphatic carbocycles. The molecular formula is C11H11ClN4. The monoisotopic (exact) mass is 234 g/mol. The third kappa shape index (κ3) is 5.07. The van der Waals surface area contributed by atoms with Crippen molar-refractivity contribution in [3.63, 3.8) is 0 Å². The van der Waals surface area contributed by atoms with E-state index in [0.29, 0.717) is 5.95 Å². The van der Waals surface area contributed by atoms with E-state index in [4.69, 9.17) is 11.6 Å². The molecule has 16 heavy (non-hydrogen) atoms. The van der Waals surface area contributed by atoms with Gasteiger partial charge in [0.1, 0.15) is 0 Å². The van der Waals surface area contributed by atoms with E-state index in [1.165, 1.54) is 0 Å². The number of hydrazone groups is 1. The molecule has 0 saturated heterocycles. The molecule has 0 radical (unpaired) electrons. The van der Waals surface area contributed by atoms with Crippen molar-refractivity contribution < 1.29 is 0 Å². The lowest BCUT2D eigenvalue weighted by Gasteiger charge is -1.92. The molecule has 1 aromatic heterocycles. The highest BCUT2D eigenvalue weighted by Crippen LogP contribution is 2.03. The van der Waals surface area contributed by atoms with E-state index in [0.717, 1.165) is 5.02 Å². The summed E-state index contributed by atoms with van der Waals surface area (Å²) in [4.78, 5) is 7.62. The van der Waals surface area contributed by atoms with Gasteiger partial charge in [0.2, 0.25) is 5.95 Å².